The highest BCUT2D eigenvalue weighted by atomic mass is 32.2. The predicted molar refractivity (Wildman–Crippen MR) is 123 cm³/mol. The molecule has 182 valence electrons. The third-order valence-corrected chi connectivity index (χ3v) is 7.81. The largest absolute Gasteiger partial charge is 0.466 e. The Balaban J connectivity index is 1.34. The van der Waals surface area contributed by atoms with Gasteiger partial charge in [0.25, 0.3) is 0 Å². The minimum absolute atomic E-state index is 0.0584. The van der Waals surface area contributed by atoms with Crippen LogP contribution in [0, 0.1) is 5.92 Å². The molecule has 0 aliphatic carbocycles. The first-order valence-electron chi connectivity index (χ1n) is 11.3. The third kappa shape index (κ3) is 5.40. The highest BCUT2D eigenvalue weighted by Gasteiger charge is 2.33. The molecule has 4 rings (SSSR count). The van der Waals surface area contributed by atoms with E-state index >= 15 is 0 Å². The minimum Gasteiger partial charge on any atom is -0.466 e. The summed E-state index contributed by atoms with van der Waals surface area (Å²) in [6, 6.07) is 11.7. The predicted octanol–water partition coefficient (Wildman–Crippen LogP) is 2.35. The molecular formula is C24H28N2O7S. The van der Waals surface area contributed by atoms with Gasteiger partial charge in [0.05, 0.1) is 24.0 Å². The molecule has 0 amide bonds. The Morgan fingerprint density at radius 3 is 2.62 bits per heavy atom. The highest BCUT2D eigenvalue weighted by molar-refractivity contribution is 7.89. The molecule has 0 spiro atoms. The lowest BCUT2D eigenvalue weighted by molar-refractivity contribution is -0.149. The van der Waals surface area contributed by atoms with Crippen LogP contribution in [0.15, 0.2) is 47.4 Å². The molecule has 2 aliphatic heterocycles. The van der Waals surface area contributed by atoms with E-state index in [1.807, 2.05) is 18.2 Å². The summed E-state index contributed by atoms with van der Waals surface area (Å²) in [5, 5.41) is 3.09. The van der Waals surface area contributed by atoms with Crippen LogP contribution in [0.2, 0.25) is 0 Å². The van der Waals surface area contributed by atoms with Crippen LogP contribution >= 0.6 is 0 Å². The fraction of sp³-hybridized carbons (Fsp3) is 0.417. The Morgan fingerprint density at radius 2 is 1.85 bits per heavy atom. The van der Waals surface area contributed by atoms with E-state index in [1.54, 1.807) is 19.1 Å². The molecule has 2 aromatic rings. The second-order valence-corrected chi connectivity index (χ2v) is 10.1. The van der Waals surface area contributed by atoms with Gasteiger partial charge in [-0.15, -0.1) is 0 Å². The van der Waals surface area contributed by atoms with Crippen LogP contribution in [0.25, 0.3) is 0 Å². The van der Waals surface area contributed by atoms with Crippen molar-refractivity contribution in [1.82, 2.24) is 9.62 Å². The number of hydrogen-bond donors (Lipinski definition) is 1. The summed E-state index contributed by atoms with van der Waals surface area (Å²) >= 11 is 0. The van der Waals surface area contributed by atoms with E-state index in [2.05, 4.69) is 5.32 Å². The Hall–Kier alpha value is -2.95. The van der Waals surface area contributed by atoms with Crippen molar-refractivity contribution in [3.8, 4) is 11.5 Å². The number of carbonyl (C=O) groups excluding carboxylic acids is 2. The van der Waals surface area contributed by atoms with Gasteiger partial charge in [-0.2, -0.15) is 4.31 Å². The number of benzene rings is 2. The molecule has 1 fully saturated rings. The van der Waals surface area contributed by atoms with Crippen LogP contribution in [0.3, 0.4) is 0 Å². The summed E-state index contributed by atoms with van der Waals surface area (Å²) in [5.74, 6) is 0.604. The number of piperidine rings is 1. The molecule has 9 nitrogen and oxygen atoms in total. The van der Waals surface area contributed by atoms with E-state index in [0.29, 0.717) is 43.1 Å². The van der Waals surface area contributed by atoms with Gasteiger partial charge in [0.2, 0.25) is 16.8 Å². The van der Waals surface area contributed by atoms with E-state index in [0.717, 1.165) is 5.56 Å². The van der Waals surface area contributed by atoms with Crippen molar-refractivity contribution in [2.24, 2.45) is 5.92 Å². The average molecular weight is 489 g/mol. The van der Waals surface area contributed by atoms with Gasteiger partial charge in [-0.05, 0) is 49.6 Å². The SMILES string of the molecule is CCOC(=O)C1CCN(S(=O)(=O)c2cccc(C(=O)CNCc3ccc4c(c3)OCO4)c2)CC1. The van der Waals surface area contributed by atoms with Crippen LogP contribution in [0.5, 0.6) is 11.5 Å². The first kappa shape index (κ1) is 24.2. The van der Waals surface area contributed by atoms with E-state index in [1.165, 1.54) is 16.4 Å². The fourth-order valence-corrected chi connectivity index (χ4v) is 5.56. The number of ether oxygens (including phenoxy) is 3. The second kappa shape index (κ2) is 10.5. The van der Waals surface area contributed by atoms with Crippen LogP contribution in [-0.2, 0) is 26.1 Å². The molecule has 2 aliphatic rings. The Kier molecular flexibility index (Phi) is 7.50. The second-order valence-electron chi connectivity index (χ2n) is 8.17. The molecule has 2 aromatic carbocycles. The molecule has 0 saturated carbocycles. The number of sulfonamides is 1. The maximum atomic E-state index is 13.1. The molecule has 1 saturated heterocycles. The van der Waals surface area contributed by atoms with Gasteiger partial charge in [-0.3, -0.25) is 9.59 Å². The van der Waals surface area contributed by atoms with E-state index in [4.69, 9.17) is 14.2 Å². The average Bonchev–Trinajstić information content (AvgIpc) is 3.32. The zero-order chi connectivity index (χ0) is 24.1. The first-order chi connectivity index (χ1) is 16.4. The van der Waals surface area contributed by atoms with Gasteiger partial charge in [0.1, 0.15) is 0 Å². The lowest BCUT2D eigenvalue weighted by atomic mass is 9.98. The van der Waals surface area contributed by atoms with E-state index in [9.17, 15) is 18.0 Å². The highest BCUT2D eigenvalue weighted by Crippen LogP contribution is 2.32. The number of fused-ring (bicyclic) bond motifs is 1. The normalized spacial score (nSPS) is 16.4. The number of ketones is 1. The van der Waals surface area contributed by atoms with Gasteiger partial charge in [0.15, 0.2) is 17.3 Å². The van der Waals surface area contributed by atoms with Crippen molar-refractivity contribution < 1.29 is 32.2 Å². The summed E-state index contributed by atoms with van der Waals surface area (Å²) in [6.07, 6.45) is 0.834. The fourth-order valence-electron chi connectivity index (χ4n) is 4.04. The number of hydrogen-bond acceptors (Lipinski definition) is 8. The van der Waals surface area contributed by atoms with Crippen molar-refractivity contribution in [1.29, 1.82) is 0 Å². The Morgan fingerprint density at radius 1 is 1.09 bits per heavy atom. The monoisotopic (exact) mass is 488 g/mol. The van der Waals surface area contributed by atoms with Gasteiger partial charge in [0, 0.05) is 25.2 Å². The summed E-state index contributed by atoms with van der Waals surface area (Å²) in [7, 11) is -3.77. The number of carbonyl (C=O) groups is 2. The third-order valence-electron chi connectivity index (χ3n) is 5.92. The van der Waals surface area contributed by atoms with Crippen molar-refractivity contribution in [2.75, 3.05) is 33.0 Å². The molecule has 34 heavy (non-hydrogen) atoms. The molecule has 0 unspecified atom stereocenters. The number of nitrogens with zero attached hydrogens (tertiary/aromatic N) is 1. The molecular weight excluding hydrogens is 460 g/mol. The van der Waals surface area contributed by atoms with Crippen molar-refractivity contribution in [3.05, 3.63) is 53.6 Å². The van der Waals surface area contributed by atoms with Crippen LogP contribution in [0.4, 0.5) is 0 Å². The van der Waals surface area contributed by atoms with Gasteiger partial charge >= 0.3 is 5.97 Å². The first-order valence-corrected chi connectivity index (χ1v) is 12.7. The van der Waals surface area contributed by atoms with Gasteiger partial charge < -0.3 is 19.5 Å². The Bertz CT molecular complexity index is 1160. The number of nitrogens with one attached hydrogen (secondary N) is 1. The lowest BCUT2D eigenvalue weighted by Crippen LogP contribution is -2.40. The summed E-state index contributed by atoms with van der Waals surface area (Å²) in [4.78, 5) is 24.7. The molecule has 0 radical (unpaired) electrons. The summed E-state index contributed by atoms with van der Waals surface area (Å²) < 4.78 is 43.3. The molecule has 0 aromatic heterocycles. The van der Waals surface area contributed by atoms with Crippen molar-refractivity contribution in [3.63, 3.8) is 0 Å². The van der Waals surface area contributed by atoms with Gasteiger partial charge in [-0.25, -0.2) is 8.42 Å². The molecule has 0 bridgehead atoms. The van der Waals surface area contributed by atoms with E-state index in [-0.39, 0.29) is 49.0 Å². The zero-order valence-corrected chi connectivity index (χ0v) is 19.8. The number of rotatable bonds is 9. The molecule has 1 N–H and O–H groups in total. The molecule has 0 atom stereocenters. The lowest BCUT2D eigenvalue weighted by Gasteiger charge is -2.30. The van der Waals surface area contributed by atoms with Crippen molar-refractivity contribution >= 4 is 21.8 Å². The zero-order valence-electron chi connectivity index (χ0n) is 19.0. The molecule has 10 heteroatoms. The number of esters is 1. The van der Waals surface area contributed by atoms with Crippen LogP contribution in [0.1, 0.15) is 35.7 Å². The quantitative estimate of drug-likeness (QED) is 0.423. The number of Topliss-reactive ketones (excluding diaryl/α,β-unsaturated/α-hetero) is 1. The standard InChI is InChI=1S/C24H28N2O7S/c1-2-31-24(28)18-8-10-26(11-9-18)34(29,30)20-5-3-4-19(13-20)21(27)15-25-14-17-6-7-22-23(12-17)33-16-32-22/h3-7,12-13,18,25H,2,8-11,14-16H2,1H3. The minimum atomic E-state index is -3.77. The Labute approximate surface area is 199 Å². The molecule has 2 heterocycles. The summed E-state index contributed by atoms with van der Waals surface area (Å²) in [6.45, 7) is 3.25. The van der Waals surface area contributed by atoms with Crippen LogP contribution in [-0.4, -0.2) is 57.5 Å². The summed E-state index contributed by atoms with van der Waals surface area (Å²) in [5.41, 5.74) is 1.26. The topological polar surface area (TPSA) is 111 Å². The smallest absolute Gasteiger partial charge is 0.309 e. The van der Waals surface area contributed by atoms with Gasteiger partial charge in [-0.1, -0.05) is 18.2 Å². The maximum absolute atomic E-state index is 13.1. The van der Waals surface area contributed by atoms with Crippen LogP contribution < -0.4 is 14.8 Å². The maximum Gasteiger partial charge on any atom is 0.309 e. The van der Waals surface area contributed by atoms with Crippen molar-refractivity contribution in [2.45, 2.75) is 31.2 Å². The van der Waals surface area contributed by atoms with E-state index < -0.39 is 10.0 Å².